The molecule has 0 aliphatic carbocycles. The van der Waals surface area contributed by atoms with Gasteiger partial charge in [-0.15, -0.1) is 0 Å². The molecule has 39 heavy (non-hydrogen) atoms. The van der Waals surface area contributed by atoms with E-state index in [0.717, 1.165) is 54.1 Å². The van der Waals surface area contributed by atoms with Crippen LogP contribution in [0.15, 0.2) is 47.6 Å². The van der Waals surface area contributed by atoms with Crippen LogP contribution >= 0.6 is 0 Å². The smallest absolute Gasteiger partial charge is 0.336 e. The Morgan fingerprint density at radius 3 is 2.46 bits per heavy atom. The van der Waals surface area contributed by atoms with Crippen LogP contribution in [-0.2, 0) is 20.7 Å². The summed E-state index contributed by atoms with van der Waals surface area (Å²) < 4.78 is 25.4. The van der Waals surface area contributed by atoms with E-state index >= 15 is 0 Å². The minimum Gasteiger partial charge on any atom is -0.479 e. The van der Waals surface area contributed by atoms with Gasteiger partial charge in [0, 0.05) is 48.9 Å². The zero-order chi connectivity index (χ0) is 28.2. The van der Waals surface area contributed by atoms with E-state index in [9.17, 15) is 14.3 Å². The van der Waals surface area contributed by atoms with Gasteiger partial charge in [0.2, 0.25) is 0 Å². The van der Waals surface area contributed by atoms with Crippen molar-refractivity contribution in [2.24, 2.45) is 10.4 Å². The van der Waals surface area contributed by atoms with Gasteiger partial charge in [-0.3, -0.25) is 9.98 Å². The molecule has 1 saturated heterocycles. The normalized spacial score (nSPS) is 21.6. The van der Waals surface area contributed by atoms with Gasteiger partial charge in [0.25, 0.3) is 0 Å². The number of aryl methyl sites for hydroxylation is 1. The number of benzene rings is 1. The Morgan fingerprint density at radius 1 is 1.18 bits per heavy atom. The van der Waals surface area contributed by atoms with Crippen LogP contribution in [0.1, 0.15) is 63.8 Å². The van der Waals surface area contributed by atoms with Crippen molar-refractivity contribution in [1.82, 2.24) is 4.98 Å². The van der Waals surface area contributed by atoms with Crippen molar-refractivity contribution in [2.45, 2.75) is 78.1 Å². The summed E-state index contributed by atoms with van der Waals surface area (Å²) in [5, 5.41) is 10.1. The fourth-order valence-electron chi connectivity index (χ4n) is 5.09. The van der Waals surface area contributed by atoms with Gasteiger partial charge in [0.1, 0.15) is 11.4 Å². The van der Waals surface area contributed by atoms with Crippen LogP contribution in [-0.4, -0.2) is 59.8 Å². The molecule has 2 unspecified atom stereocenters. The van der Waals surface area contributed by atoms with Crippen molar-refractivity contribution >= 4 is 23.6 Å². The molecule has 4 rings (SSSR count). The first-order valence-corrected chi connectivity index (χ1v) is 13.7. The number of anilines is 1. The summed E-state index contributed by atoms with van der Waals surface area (Å²) in [6.07, 6.45) is 6.80. The summed E-state index contributed by atoms with van der Waals surface area (Å²) in [6.45, 7) is 12.4. The molecule has 7 nitrogen and oxygen atoms in total. The second-order valence-corrected chi connectivity index (χ2v) is 11.6. The number of nitrogens with zero attached hydrogens (tertiary/aromatic N) is 3. The molecule has 210 valence electrons. The topological polar surface area (TPSA) is 84.2 Å². The van der Waals surface area contributed by atoms with Gasteiger partial charge in [0.05, 0.1) is 18.4 Å². The minimum atomic E-state index is -1.28. The maximum Gasteiger partial charge on any atom is 0.336 e. The average molecular weight is 538 g/mol. The van der Waals surface area contributed by atoms with Crippen LogP contribution in [0.2, 0.25) is 0 Å². The molecule has 2 atom stereocenters. The molecule has 0 amide bonds. The maximum absolute atomic E-state index is 13.3. The number of rotatable bonds is 10. The van der Waals surface area contributed by atoms with E-state index in [1.807, 2.05) is 19.2 Å². The first kappa shape index (κ1) is 28.9. The molecule has 8 heteroatoms. The fourth-order valence-corrected chi connectivity index (χ4v) is 5.09. The summed E-state index contributed by atoms with van der Waals surface area (Å²) in [7, 11) is 0. The number of ether oxygens (including phenoxy) is 2. The fraction of sp³-hybridized carbons (Fsp3) is 0.516. The second-order valence-electron chi connectivity index (χ2n) is 11.6. The summed E-state index contributed by atoms with van der Waals surface area (Å²) in [6, 6.07) is 8.31. The number of aliphatic imine (C=N–C) groups is 1. The molecule has 0 bridgehead atoms. The Morgan fingerprint density at radius 2 is 1.87 bits per heavy atom. The van der Waals surface area contributed by atoms with Crippen LogP contribution in [0.3, 0.4) is 0 Å². The number of halogens is 1. The number of hydrogen-bond donors (Lipinski definition) is 1. The van der Waals surface area contributed by atoms with Gasteiger partial charge in [-0.25, -0.2) is 9.18 Å². The third-order valence-corrected chi connectivity index (χ3v) is 7.54. The van der Waals surface area contributed by atoms with E-state index in [0.29, 0.717) is 11.8 Å². The number of aromatic nitrogens is 1. The number of hydrogen-bond acceptors (Lipinski definition) is 6. The molecular formula is C31H40FN3O4. The van der Waals surface area contributed by atoms with E-state index in [4.69, 9.17) is 14.5 Å². The molecule has 1 aromatic heterocycles. The number of carboxylic acids is 1. The SMILES string of the molecule is Cc1cc(N2CCC(C)(C)CC2)c(C2=CCC(OCCc3ccc(F)cc3)(C(OC(C)C)C(=O)O)C=N2)cn1. The van der Waals surface area contributed by atoms with E-state index in [-0.39, 0.29) is 24.9 Å². The first-order valence-electron chi connectivity index (χ1n) is 13.7. The lowest BCUT2D eigenvalue weighted by molar-refractivity contribution is -0.174. The average Bonchev–Trinajstić information content (AvgIpc) is 2.89. The highest BCUT2D eigenvalue weighted by molar-refractivity contribution is 5.90. The lowest BCUT2D eigenvalue weighted by Crippen LogP contribution is -2.53. The summed E-state index contributed by atoms with van der Waals surface area (Å²) in [5.41, 5.74) is 3.64. The number of pyridine rings is 1. The highest BCUT2D eigenvalue weighted by Crippen LogP contribution is 2.38. The lowest BCUT2D eigenvalue weighted by atomic mass is 9.82. The van der Waals surface area contributed by atoms with E-state index < -0.39 is 17.7 Å². The van der Waals surface area contributed by atoms with Gasteiger partial charge >= 0.3 is 5.97 Å². The molecule has 1 fully saturated rings. The third kappa shape index (κ3) is 7.11. The Hall–Kier alpha value is -3.10. The number of piperidine rings is 1. The third-order valence-electron chi connectivity index (χ3n) is 7.54. The van der Waals surface area contributed by atoms with Gasteiger partial charge in [-0.1, -0.05) is 32.1 Å². The molecule has 0 radical (unpaired) electrons. The Balaban J connectivity index is 1.59. The minimum absolute atomic E-state index is 0.229. The lowest BCUT2D eigenvalue weighted by Gasteiger charge is -2.39. The molecule has 2 aliphatic heterocycles. The Kier molecular flexibility index (Phi) is 8.86. The van der Waals surface area contributed by atoms with Crippen molar-refractivity contribution in [3.63, 3.8) is 0 Å². The number of aliphatic carboxylic acids is 1. The zero-order valence-electron chi connectivity index (χ0n) is 23.6. The van der Waals surface area contributed by atoms with Crippen LogP contribution < -0.4 is 4.90 Å². The van der Waals surface area contributed by atoms with Crippen LogP contribution in [0.4, 0.5) is 10.1 Å². The van der Waals surface area contributed by atoms with Crippen molar-refractivity contribution in [1.29, 1.82) is 0 Å². The monoisotopic (exact) mass is 537 g/mol. The van der Waals surface area contributed by atoms with Gasteiger partial charge in [0.15, 0.2) is 6.10 Å². The van der Waals surface area contributed by atoms with Crippen molar-refractivity contribution in [3.8, 4) is 0 Å². The first-order chi connectivity index (χ1) is 18.5. The van der Waals surface area contributed by atoms with Crippen molar-refractivity contribution in [2.75, 3.05) is 24.6 Å². The van der Waals surface area contributed by atoms with Gasteiger partial charge in [-0.2, -0.15) is 0 Å². The van der Waals surface area contributed by atoms with Gasteiger partial charge in [-0.05, 0) is 69.2 Å². The summed E-state index contributed by atoms with van der Waals surface area (Å²) in [5.74, 6) is -1.41. The molecule has 0 spiro atoms. The van der Waals surface area contributed by atoms with Crippen LogP contribution in [0.5, 0.6) is 0 Å². The molecular weight excluding hydrogens is 497 g/mol. The van der Waals surface area contributed by atoms with Crippen molar-refractivity contribution in [3.05, 3.63) is 65.2 Å². The van der Waals surface area contributed by atoms with Crippen LogP contribution in [0.25, 0.3) is 5.70 Å². The Labute approximate surface area is 230 Å². The highest BCUT2D eigenvalue weighted by Gasteiger charge is 2.46. The predicted molar refractivity (Wildman–Crippen MR) is 152 cm³/mol. The standard InChI is InChI=1S/C31H40FN3O4/c1-21(2)39-28(29(36)37)31(38-17-11-23-6-8-24(32)9-7-23)12-10-26(34-20-31)25-19-33-22(3)18-27(25)35-15-13-30(4,5)14-16-35/h6-10,18-21,28H,11-17H2,1-5H3,(H,36,37). The zero-order valence-corrected chi connectivity index (χ0v) is 23.6. The highest BCUT2D eigenvalue weighted by atomic mass is 19.1. The predicted octanol–water partition coefficient (Wildman–Crippen LogP) is 5.85. The molecule has 1 aromatic carbocycles. The van der Waals surface area contributed by atoms with Gasteiger partial charge < -0.3 is 19.5 Å². The van der Waals surface area contributed by atoms with E-state index in [2.05, 4.69) is 29.8 Å². The Bertz CT molecular complexity index is 1210. The number of carbonyl (C=O) groups is 1. The summed E-state index contributed by atoms with van der Waals surface area (Å²) in [4.78, 5) is 24.1. The van der Waals surface area contributed by atoms with E-state index in [1.54, 1.807) is 32.2 Å². The second kappa shape index (κ2) is 12.0. The molecule has 2 aliphatic rings. The van der Waals surface area contributed by atoms with Crippen LogP contribution in [0, 0.1) is 18.2 Å². The molecule has 3 heterocycles. The molecule has 1 N–H and O–H groups in total. The molecule has 2 aromatic rings. The quantitative estimate of drug-likeness (QED) is 0.410. The summed E-state index contributed by atoms with van der Waals surface area (Å²) >= 11 is 0. The van der Waals surface area contributed by atoms with E-state index in [1.165, 1.54) is 12.1 Å². The van der Waals surface area contributed by atoms with Crippen molar-refractivity contribution < 1.29 is 23.8 Å². The largest absolute Gasteiger partial charge is 0.479 e. The molecule has 0 saturated carbocycles. The maximum atomic E-state index is 13.3. The number of carboxylic acid groups (broad SMARTS) is 1.